The summed E-state index contributed by atoms with van der Waals surface area (Å²) in [6.07, 6.45) is 1.84. The zero-order chi connectivity index (χ0) is 20.0. The highest BCUT2D eigenvalue weighted by atomic mass is 35.5. The standard InChI is InChI=1S/C24H18ClN3O/c1-15-20(13-21-19-11-4-5-12-22(19)26-24(21)29)23(25)28(27-15)14-17-9-6-8-16-7-2-3-10-18(16)17/h2-13H,14H2,1H3,(H,26,29)/b21-13+. The van der Waals surface area contributed by atoms with Crippen molar-refractivity contribution in [2.75, 3.05) is 5.32 Å². The van der Waals surface area contributed by atoms with Crippen LogP contribution in [0.2, 0.25) is 5.15 Å². The van der Waals surface area contributed by atoms with Crippen molar-refractivity contribution in [1.82, 2.24) is 9.78 Å². The van der Waals surface area contributed by atoms with Crippen molar-refractivity contribution >= 4 is 45.6 Å². The Bertz CT molecular complexity index is 1300. The minimum absolute atomic E-state index is 0.122. The minimum Gasteiger partial charge on any atom is -0.321 e. The van der Waals surface area contributed by atoms with Crippen LogP contribution in [0.25, 0.3) is 22.4 Å². The molecule has 0 aliphatic carbocycles. The predicted octanol–water partition coefficient (Wildman–Crippen LogP) is 5.54. The van der Waals surface area contributed by atoms with Crippen molar-refractivity contribution < 1.29 is 4.79 Å². The third-order valence-electron chi connectivity index (χ3n) is 5.31. The van der Waals surface area contributed by atoms with E-state index in [9.17, 15) is 4.79 Å². The molecule has 0 radical (unpaired) electrons. The van der Waals surface area contributed by atoms with Crippen LogP contribution < -0.4 is 5.32 Å². The molecule has 4 nitrogen and oxygen atoms in total. The van der Waals surface area contributed by atoms with Gasteiger partial charge in [-0.3, -0.25) is 4.79 Å². The van der Waals surface area contributed by atoms with Crippen molar-refractivity contribution in [3.8, 4) is 0 Å². The number of rotatable bonds is 3. The van der Waals surface area contributed by atoms with Crippen molar-refractivity contribution in [3.63, 3.8) is 0 Å². The van der Waals surface area contributed by atoms with Crippen molar-refractivity contribution in [3.05, 3.63) is 94.3 Å². The normalized spacial score (nSPS) is 14.4. The van der Waals surface area contributed by atoms with E-state index in [0.29, 0.717) is 17.3 Å². The van der Waals surface area contributed by atoms with E-state index in [4.69, 9.17) is 11.6 Å². The van der Waals surface area contributed by atoms with Gasteiger partial charge in [-0.2, -0.15) is 5.10 Å². The van der Waals surface area contributed by atoms with Crippen molar-refractivity contribution in [2.45, 2.75) is 13.5 Å². The molecule has 0 bridgehead atoms. The van der Waals surface area contributed by atoms with Gasteiger partial charge in [-0.15, -0.1) is 0 Å². The Hall–Kier alpha value is -3.37. The van der Waals surface area contributed by atoms with Crippen LogP contribution in [-0.2, 0) is 11.3 Å². The molecule has 1 aromatic heterocycles. The minimum atomic E-state index is -0.122. The maximum absolute atomic E-state index is 12.5. The fourth-order valence-corrected chi connectivity index (χ4v) is 4.14. The second-order valence-corrected chi connectivity index (χ2v) is 7.50. The summed E-state index contributed by atoms with van der Waals surface area (Å²) in [5, 5.41) is 10.4. The van der Waals surface area contributed by atoms with E-state index in [1.165, 1.54) is 10.8 Å². The Labute approximate surface area is 173 Å². The molecule has 5 rings (SSSR count). The molecule has 2 heterocycles. The number of hydrogen-bond acceptors (Lipinski definition) is 2. The van der Waals surface area contributed by atoms with Gasteiger partial charge in [0.15, 0.2) is 0 Å². The number of aromatic nitrogens is 2. The first-order chi connectivity index (χ1) is 14.1. The Kier molecular flexibility index (Phi) is 4.22. The molecule has 1 amide bonds. The summed E-state index contributed by atoms with van der Waals surface area (Å²) in [5.74, 6) is -0.122. The van der Waals surface area contributed by atoms with Crippen LogP contribution in [0.5, 0.6) is 0 Å². The van der Waals surface area contributed by atoms with Gasteiger partial charge in [0.1, 0.15) is 5.15 Å². The summed E-state index contributed by atoms with van der Waals surface area (Å²) < 4.78 is 1.80. The molecule has 29 heavy (non-hydrogen) atoms. The zero-order valence-corrected chi connectivity index (χ0v) is 16.6. The lowest BCUT2D eigenvalue weighted by Crippen LogP contribution is -2.04. The van der Waals surface area contributed by atoms with Gasteiger partial charge >= 0.3 is 0 Å². The van der Waals surface area contributed by atoms with Crippen LogP contribution in [0.4, 0.5) is 5.69 Å². The van der Waals surface area contributed by atoms with Crippen LogP contribution in [0, 0.1) is 6.92 Å². The van der Waals surface area contributed by atoms with Gasteiger partial charge in [-0.1, -0.05) is 72.3 Å². The summed E-state index contributed by atoms with van der Waals surface area (Å²) in [6.45, 7) is 2.48. The lowest BCUT2D eigenvalue weighted by Gasteiger charge is -2.08. The Balaban J connectivity index is 1.56. The number of hydrogen-bond donors (Lipinski definition) is 1. The number of nitrogens with one attached hydrogen (secondary N) is 1. The number of amides is 1. The van der Waals surface area contributed by atoms with Gasteiger partial charge in [0.2, 0.25) is 0 Å². The van der Waals surface area contributed by atoms with E-state index < -0.39 is 0 Å². The largest absolute Gasteiger partial charge is 0.321 e. The van der Waals surface area contributed by atoms with E-state index in [1.807, 2.05) is 55.5 Å². The average molecular weight is 400 g/mol. The molecule has 0 saturated heterocycles. The number of para-hydroxylation sites is 1. The monoisotopic (exact) mass is 399 g/mol. The Morgan fingerprint density at radius 3 is 2.69 bits per heavy atom. The molecular formula is C24H18ClN3O. The molecule has 3 aromatic carbocycles. The molecular weight excluding hydrogens is 382 g/mol. The molecule has 5 heteroatoms. The summed E-state index contributed by atoms with van der Waals surface area (Å²) in [6, 6.07) is 22.2. The fourth-order valence-electron chi connectivity index (χ4n) is 3.85. The van der Waals surface area contributed by atoms with Gasteiger partial charge in [-0.25, -0.2) is 4.68 Å². The van der Waals surface area contributed by atoms with Crippen LogP contribution >= 0.6 is 11.6 Å². The van der Waals surface area contributed by atoms with Crippen LogP contribution in [0.1, 0.15) is 22.4 Å². The highest BCUT2D eigenvalue weighted by molar-refractivity contribution is 6.36. The van der Waals surface area contributed by atoms with E-state index in [-0.39, 0.29) is 5.91 Å². The number of carbonyl (C=O) groups is 1. The van der Waals surface area contributed by atoms with Gasteiger partial charge in [-0.05, 0) is 35.4 Å². The average Bonchev–Trinajstić information content (AvgIpc) is 3.19. The van der Waals surface area contributed by atoms with Crippen LogP contribution in [-0.4, -0.2) is 15.7 Å². The number of anilines is 1. The highest BCUT2D eigenvalue weighted by Gasteiger charge is 2.25. The maximum Gasteiger partial charge on any atom is 0.256 e. The molecule has 0 spiro atoms. The van der Waals surface area contributed by atoms with E-state index in [1.54, 1.807) is 4.68 Å². The van der Waals surface area contributed by atoms with Crippen LogP contribution in [0.3, 0.4) is 0 Å². The van der Waals surface area contributed by atoms with E-state index in [2.05, 4.69) is 34.7 Å². The highest BCUT2D eigenvalue weighted by Crippen LogP contribution is 2.35. The number of aryl methyl sites for hydroxylation is 1. The molecule has 0 unspecified atom stereocenters. The zero-order valence-electron chi connectivity index (χ0n) is 15.8. The molecule has 4 aromatic rings. The summed E-state index contributed by atoms with van der Waals surface area (Å²) in [5.41, 5.74) is 5.02. The van der Waals surface area contributed by atoms with Gasteiger partial charge in [0.05, 0.1) is 12.2 Å². The Morgan fingerprint density at radius 2 is 1.79 bits per heavy atom. The van der Waals surface area contributed by atoms with Crippen molar-refractivity contribution in [1.29, 1.82) is 0 Å². The Morgan fingerprint density at radius 1 is 1.03 bits per heavy atom. The van der Waals surface area contributed by atoms with E-state index in [0.717, 1.165) is 28.1 Å². The molecule has 0 saturated carbocycles. The van der Waals surface area contributed by atoms with Gasteiger partial charge in [0.25, 0.3) is 5.91 Å². The molecule has 0 atom stereocenters. The molecule has 142 valence electrons. The van der Waals surface area contributed by atoms with E-state index >= 15 is 0 Å². The molecule has 0 fully saturated rings. The fraction of sp³-hybridized carbons (Fsp3) is 0.0833. The molecule has 1 aliphatic rings. The smallest absolute Gasteiger partial charge is 0.256 e. The molecule has 1 N–H and O–H groups in total. The first kappa shape index (κ1) is 17.7. The number of benzene rings is 3. The second kappa shape index (κ2) is 6.90. The summed E-state index contributed by atoms with van der Waals surface area (Å²) >= 11 is 6.71. The SMILES string of the molecule is Cc1nn(Cc2cccc3ccccc23)c(Cl)c1/C=C1/C(=O)Nc2ccccc21. The second-order valence-electron chi connectivity index (χ2n) is 7.14. The van der Waals surface area contributed by atoms with Gasteiger partial charge in [0, 0.05) is 22.4 Å². The molecule has 1 aliphatic heterocycles. The predicted molar refractivity (Wildman–Crippen MR) is 118 cm³/mol. The maximum atomic E-state index is 12.5. The number of carbonyl (C=O) groups excluding carboxylic acids is 1. The van der Waals surface area contributed by atoms with Crippen LogP contribution in [0.15, 0.2) is 66.7 Å². The lowest BCUT2D eigenvalue weighted by molar-refractivity contribution is -0.110. The lowest BCUT2D eigenvalue weighted by atomic mass is 10.0. The first-order valence-corrected chi connectivity index (χ1v) is 9.81. The number of nitrogens with zero attached hydrogens (tertiary/aromatic N) is 2. The third-order valence-corrected chi connectivity index (χ3v) is 5.71. The third kappa shape index (κ3) is 3.02. The summed E-state index contributed by atoms with van der Waals surface area (Å²) in [7, 11) is 0. The number of fused-ring (bicyclic) bond motifs is 2. The quantitative estimate of drug-likeness (QED) is 0.460. The first-order valence-electron chi connectivity index (χ1n) is 9.44. The summed E-state index contributed by atoms with van der Waals surface area (Å²) in [4.78, 5) is 12.5. The van der Waals surface area contributed by atoms with Crippen molar-refractivity contribution in [2.24, 2.45) is 0 Å². The topological polar surface area (TPSA) is 46.9 Å². The van der Waals surface area contributed by atoms with Gasteiger partial charge < -0.3 is 5.32 Å². The number of halogens is 1.